The maximum atomic E-state index is 5.86. The molecule has 2 nitrogen and oxygen atoms in total. The smallest absolute Gasteiger partial charge is 0.244 e. The van der Waals surface area contributed by atoms with Crippen LogP contribution in [0.1, 0.15) is 245 Å². The minimum Gasteiger partial charge on any atom is -0.322 e. The van der Waals surface area contributed by atoms with Crippen molar-refractivity contribution >= 4 is 29.7 Å². The number of unbranched alkanes of at least 4 members (excludes halogenated alkanes) is 34. The first-order valence-corrected chi connectivity index (χ1v) is 24.5. The van der Waals surface area contributed by atoms with E-state index in [0.717, 1.165) is 12.8 Å². The van der Waals surface area contributed by atoms with Gasteiger partial charge < -0.3 is 9.05 Å². The van der Waals surface area contributed by atoms with Crippen molar-refractivity contribution < 1.29 is 9.05 Å². The molecule has 45 heavy (non-hydrogen) atoms. The van der Waals surface area contributed by atoms with E-state index in [4.69, 9.17) is 20.9 Å². The molecule has 0 rings (SSSR count). The Labute approximate surface area is 295 Å². The van der Waals surface area contributed by atoms with Gasteiger partial charge in [0.1, 0.15) is 0 Å². The van der Waals surface area contributed by atoms with Crippen molar-refractivity contribution in [3.05, 3.63) is 0 Å². The zero-order chi connectivity index (χ0) is 32.8. The van der Waals surface area contributed by atoms with Crippen molar-refractivity contribution in [1.29, 1.82) is 0 Å². The van der Waals surface area contributed by atoms with Crippen molar-refractivity contribution in [2.24, 2.45) is 0 Å². The van der Waals surface area contributed by atoms with E-state index in [2.05, 4.69) is 26.1 Å². The van der Waals surface area contributed by atoms with E-state index in [9.17, 15) is 0 Å². The second-order valence-electron chi connectivity index (χ2n) is 14.2. The lowest BCUT2D eigenvalue weighted by atomic mass is 10.0. The van der Waals surface area contributed by atoms with Gasteiger partial charge in [-0.05, 0) is 24.6 Å². The van der Waals surface area contributed by atoms with Gasteiger partial charge in [0, 0.05) is 0 Å². The number of hydrogen-bond acceptors (Lipinski definition) is 3. The van der Waals surface area contributed by atoms with Gasteiger partial charge in [0.25, 0.3) is 0 Å². The fraction of sp³-hybridized carbons (Fsp3) is 1.00. The average molecular weight is 691 g/mol. The van der Waals surface area contributed by atoms with E-state index in [1.807, 2.05) is 0 Å². The highest BCUT2D eigenvalue weighted by atomic mass is 32.9. The molecule has 0 amide bonds. The Morgan fingerprint density at radius 3 is 0.644 bits per heavy atom. The minimum absolute atomic E-state index is 0.707. The first-order chi connectivity index (χ1) is 22.1. The summed E-state index contributed by atoms with van der Waals surface area (Å²) in [5, 5.41) is 0. The van der Waals surface area contributed by atoms with Crippen LogP contribution in [-0.2, 0) is 20.9 Å². The molecule has 0 saturated carbocycles. The molecule has 0 aliphatic rings. The Kier molecular flexibility index (Phi) is 40.2. The summed E-state index contributed by atoms with van der Waals surface area (Å²) in [5.41, 5.74) is -2.35. The molecule has 0 aromatic heterocycles. The Morgan fingerprint density at radius 2 is 0.467 bits per heavy atom. The van der Waals surface area contributed by atoms with Gasteiger partial charge in [0.05, 0.1) is 13.2 Å². The summed E-state index contributed by atoms with van der Waals surface area (Å²) in [7, 11) is 0. The lowest BCUT2D eigenvalue weighted by molar-refractivity contribution is 0.250. The molecule has 0 atom stereocenters. The molecule has 0 spiro atoms. The van der Waals surface area contributed by atoms with Gasteiger partial charge in [-0.15, -0.1) is 0 Å². The van der Waals surface area contributed by atoms with E-state index in [-0.39, 0.29) is 0 Å². The molecule has 0 unspecified atom stereocenters. The van der Waals surface area contributed by atoms with E-state index in [1.54, 1.807) is 0 Å². The van der Waals surface area contributed by atoms with Crippen molar-refractivity contribution in [1.82, 2.24) is 0 Å². The van der Waals surface area contributed by atoms with Gasteiger partial charge in [-0.25, -0.2) is 0 Å². The van der Waals surface area contributed by atoms with E-state index >= 15 is 0 Å². The molecule has 5 heteroatoms. The van der Waals surface area contributed by atoms with Crippen LogP contribution in [0.3, 0.4) is 0 Å². The van der Waals surface area contributed by atoms with E-state index < -0.39 is 5.69 Å². The number of rotatable bonds is 40. The molecule has 0 aromatic carbocycles. The first kappa shape index (κ1) is 45.9. The Balaban J connectivity index is 3.25. The monoisotopic (exact) mass is 691 g/mol. The summed E-state index contributed by atoms with van der Waals surface area (Å²) in [6.07, 6.45) is 50.3. The Morgan fingerprint density at radius 1 is 0.311 bits per heavy atom. The molecule has 0 fully saturated rings. The van der Waals surface area contributed by atoms with Gasteiger partial charge in [-0.3, -0.25) is 0 Å². The molecule has 0 N–H and O–H groups in total. The minimum atomic E-state index is -2.35. The van der Waals surface area contributed by atoms with E-state index in [0.29, 0.717) is 13.2 Å². The van der Waals surface area contributed by atoms with Crippen LogP contribution in [0.4, 0.5) is 0 Å². The molecule has 0 aliphatic carbocycles. The predicted molar refractivity (Wildman–Crippen MR) is 213 cm³/mol. The quantitative estimate of drug-likeness (QED) is 0.0392. The summed E-state index contributed by atoms with van der Waals surface area (Å²) in [6, 6.07) is 0. The zero-order valence-corrected chi connectivity index (χ0v) is 33.6. The maximum Gasteiger partial charge on any atom is 0.244 e. The van der Waals surface area contributed by atoms with Crippen LogP contribution in [-0.4, -0.2) is 13.2 Å². The topological polar surface area (TPSA) is 18.5 Å². The van der Waals surface area contributed by atoms with Crippen molar-refractivity contribution in [3.8, 4) is 0 Å². The van der Waals surface area contributed by atoms with Crippen LogP contribution in [0, 0.1) is 0 Å². The second-order valence-corrected chi connectivity index (χ2v) is 19.4. The third-order valence-corrected chi connectivity index (χ3v) is 11.8. The van der Waals surface area contributed by atoms with Crippen LogP contribution in [0.15, 0.2) is 0 Å². The van der Waals surface area contributed by atoms with Crippen LogP contribution >= 0.6 is 17.9 Å². The van der Waals surface area contributed by atoms with Gasteiger partial charge in [0.2, 0.25) is 5.69 Å². The van der Waals surface area contributed by atoms with Crippen molar-refractivity contribution in [2.45, 2.75) is 245 Å². The molecule has 0 aromatic rings. The van der Waals surface area contributed by atoms with Crippen molar-refractivity contribution in [3.63, 3.8) is 0 Å². The van der Waals surface area contributed by atoms with Gasteiger partial charge >= 0.3 is 0 Å². The number of hydrogen-bond donors (Lipinski definition) is 1. The van der Waals surface area contributed by atoms with Gasteiger partial charge in [0.15, 0.2) is 0 Å². The molecule has 0 saturated heterocycles. The fourth-order valence-corrected chi connectivity index (χ4v) is 8.14. The summed E-state index contributed by atoms with van der Waals surface area (Å²) in [6.45, 7) is 6.01. The second kappa shape index (κ2) is 39.4. The average Bonchev–Trinajstić information content (AvgIpc) is 3.03. The standard InChI is InChI=1S/C40H83O2PS2/c1-3-5-7-9-11-13-15-17-19-21-23-25-27-29-31-33-35-37-39-41-43(44,45)42-40-38-36-34-32-30-28-26-24-22-20-18-16-14-12-10-8-6-4-2/h3-40H2,1-2H3,(H,44,45). The molecule has 272 valence electrons. The molecular weight excluding hydrogens is 608 g/mol. The van der Waals surface area contributed by atoms with Crippen LogP contribution < -0.4 is 0 Å². The fourth-order valence-electron chi connectivity index (χ4n) is 6.40. The van der Waals surface area contributed by atoms with E-state index in [1.165, 1.54) is 218 Å². The third-order valence-electron chi connectivity index (χ3n) is 9.50. The molecule has 0 heterocycles. The first-order valence-electron chi connectivity index (χ1n) is 20.7. The summed E-state index contributed by atoms with van der Waals surface area (Å²) >= 11 is 10.1. The molecule has 0 radical (unpaired) electrons. The van der Waals surface area contributed by atoms with Crippen molar-refractivity contribution in [2.75, 3.05) is 13.2 Å². The van der Waals surface area contributed by atoms with Crippen LogP contribution in [0.2, 0.25) is 0 Å². The Hall–Kier alpha value is 0.920. The van der Waals surface area contributed by atoms with Gasteiger partial charge in [-0.1, -0.05) is 244 Å². The summed E-state index contributed by atoms with van der Waals surface area (Å²) in [4.78, 5) is 0. The highest BCUT2D eigenvalue weighted by Crippen LogP contribution is 2.53. The molecule has 0 aliphatic heterocycles. The third kappa shape index (κ3) is 41.0. The lowest BCUT2D eigenvalue weighted by Crippen LogP contribution is -1.96. The summed E-state index contributed by atoms with van der Waals surface area (Å²) < 4.78 is 11.7. The SMILES string of the molecule is CCCCCCCCCCCCCCCCCCCCOP(=S)(S)OCCCCCCCCCCCCCCCCCCCC. The van der Waals surface area contributed by atoms with Gasteiger partial charge in [-0.2, -0.15) is 0 Å². The van der Waals surface area contributed by atoms with Crippen LogP contribution in [0.25, 0.3) is 0 Å². The zero-order valence-electron chi connectivity index (χ0n) is 31.0. The largest absolute Gasteiger partial charge is 0.322 e. The molecular formula is C40H83O2PS2. The lowest BCUT2D eigenvalue weighted by Gasteiger charge is -2.16. The normalized spacial score (nSPS) is 12.0. The number of thiol groups is 1. The van der Waals surface area contributed by atoms with Crippen LogP contribution in [0.5, 0.6) is 0 Å². The highest BCUT2D eigenvalue weighted by Gasteiger charge is 2.12. The Bertz CT molecular complexity index is 543. The molecule has 0 bridgehead atoms. The summed E-state index contributed by atoms with van der Waals surface area (Å²) in [5.74, 6) is 0. The predicted octanol–water partition coefficient (Wildman–Crippen LogP) is 16.3. The highest BCUT2D eigenvalue weighted by molar-refractivity contribution is 8.60. The maximum absolute atomic E-state index is 5.86.